The van der Waals surface area contributed by atoms with Crippen LogP contribution in [-0.2, 0) is 0 Å². The average molecular weight is 209 g/mol. The number of hydrogen-bond donors (Lipinski definition) is 2. The Balaban J connectivity index is 2.23. The van der Waals surface area contributed by atoms with Crippen LogP contribution in [0.1, 0.15) is 24.3 Å². The Morgan fingerprint density at radius 3 is 2.73 bits per heavy atom. The lowest BCUT2D eigenvalue weighted by atomic mass is 10.4. The van der Waals surface area contributed by atoms with Crippen molar-refractivity contribution in [2.24, 2.45) is 0 Å². The number of carbonyl (C=O) groups is 1. The van der Waals surface area contributed by atoms with Gasteiger partial charge in [-0.25, -0.2) is 0 Å². The number of nitrogens with one attached hydrogen (secondary N) is 2. The topological polar surface area (TPSA) is 48.1 Å². The molecule has 0 saturated heterocycles. The highest BCUT2D eigenvalue weighted by Crippen LogP contribution is 1.93. The van der Waals surface area contributed by atoms with Crippen LogP contribution in [0.5, 0.6) is 0 Å². The fourth-order valence-corrected chi connectivity index (χ4v) is 1.43. The third-order valence-corrected chi connectivity index (χ3v) is 2.45. The molecule has 1 rings (SSSR count). The summed E-state index contributed by atoms with van der Waals surface area (Å²) in [5.74, 6) is -0.0350. The summed E-state index contributed by atoms with van der Waals surface area (Å²) in [6, 6.07) is 3.59. The number of rotatable bonds is 6. The zero-order valence-corrected chi connectivity index (χ0v) is 9.42. The number of hydrogen-bond acceptors (Lipinski definition) is 2. The van der Waals surface area contributed by atoms with Gasteiger partial charge < -0.3 is 15.2 Å². The van der Waals surface area contributed by atoms with Crippen molar-refractivity contribution in [3.8, 4) is 0 Å². The Morgan fingerprint density at radius 1 is 1.47 bits per heavy atom. The lowest BCUT2D eigenvalue weighted by Gasteiger charge is -2.17. The predicted octanol–water partition coefficient (Wildman–Crippen LogP) is 1.09. The van der Waals surface area contributed by atoms with E-state index >= 15 is 0 Å². The summed E-state index contributed by atoms with van der Waals surface area (Å²) < 4.78 is 0. The zero-order valence-electron chi connectivity index (χ0n) is 9.42. The van der Waals surface area contributed by atoms with Crippen LogP contribution in [-0.4, -0.2) is 42.0 Å². The number of amides is 1. The highest BCUT2D eigenvalue weighted by molar-refractivity contribution is 5.92. The lowest BCUT2D eigenvalue weighted by molar-refractivity contribution is 0.0944. The summed E-state index contributed by atoms with van der Waals surface area (Å²) in [5, 5.41) is 2.87. The highest BCUT2D eigenvalue weighted by atomic mass is 16.1. The number of likely N-dealkylation sites (N-methyl/N-ethyl adjacent to an activating group) is 1. The Hall–Kier alpha value is -1.29. The van der Waals surface area contributed by atoms with E-state index in [1.807, 2.05) is 6.07 Å². The van der Waals surface area contributed by atoms with Crippen LogP contribution in [0.2, 0.25) is 0 Å². The second-order valence-corrected chi connectivity index (χ2v) is 3.37. The van der Waals surface area contributed by atoms with E-state index in [4.69, 9.17) is 0 Å². The number of carbonyl (C=O) groups excluding carboxylic acids is 1. The normalized spacial score (nSPS) is 10.6. The van der Waals surface area contributed by atoms with Crippen molar-refractivity contribution in [3.05, 3.63) is 24.0 Å². The van der Waals surface area contributed by atoms with Gasteiger partial charge in [-0.05, 0) is 25.2 Å². The molecular weight excluding hydrogens is 190 g/mol. The molecule has 0 aromatic carbocycles. The van der Waals surface area contributed by atoms with Gasteiger partial charge in [0.15, 0.2) is 0 Å². The van der Waals surface area contributed by atoms with Crippen molar-refractivity contribution in [2.75, 3.05) is 26.2 Å². The number of nitrogens with zero attached hydrogens (tertiary/aromatic N) is 1. The van der Waals surface area contributed by atoms with Crippen LogP contribution in [0.3, 0.4) is 0 Å². The summed E-state index contributed by atoms with van der Waals surface area (Å²) in [4.78, 5) is 16.7. The molecule has 1 aromatic heterocycles. The van der Waals surface area contributed by atoms with E-state index in [-0.39, 0.29) is 5.91 Å². The van der Waals surface area contributed by atoms with E-state index in [1.54, 1.807) is 12.3 Å². The minimum atomic E-state index is -0.0350. The van der Waals surface area contributed by atoms with Gasteiger partial charge in [-0.2, -0.15) is 0 Å². The van der Waals surface area contributed by atoms with E-state index in [9.17, 15) is 4.79 Å². The number of aromatic nitrogens is 1. The van der Waals surface area contributed by atoms with Crippen molar-refractivity contribution in [2.45, 2.75) is 13.8 Å². The fourth-order valence-electron chi connectivity index (χ4n) is 1.43. The first-order valence-corrected chi connectivity index (χ1v) is 5.41. The van der Waals surface area contributed by atoms with Crippen LogP contribution in [0.25, 0.3) is 0 Å². The maximum Gasteiger partial charge on any atom is 0.267 e. The molecule has 84 valence electrons. The Bertz CT molecular complexity index is 278. The van der Waals surface area contributed by atoms with E-state index in [2.05, 4.69) is 29.0 Å². The first-order chi connectivity index (χ1) is 7.27. The average Bonchev–Trinajstić information content (AvgIpc) is 2.77. The number of aromatic amines is 1. The van der Waals surface area contributed by atoms with Gasteiger partial charge in [-0.3, -0.25) is 4.79 Å². The van der Waals surface area contributed by atoms with Crippen molar-refractivity contribution < 1.29 is 4.79 Å². The molecule has 1 aromatic rings. The highest BCUT2D eigenvalue weighted by Gasteiger charge is 2.05. The minimum Gasteiger partial charge on any atom is -0.357 e. The third-order valence-electron chi connectivity index (χ3n) is 2.45. The molecule has 0 unspecified atom stereocenters. The van der Waals surface area contributed by atoms with Crippen molar-refractivity contribution in [3.63, 3.8) is 0 Å². The molecule has 15 heavy (non-hydrogen) atoms. The van der Waals surface area contributed by atoms with Crippen LogP contribution in [0.4, 0.5) is 0 Å². The standard InChI is InChI=1S/C11H19N3O/c1-3-14(4-2)9-8-13-11(15)10-6-5-7-12-10/h5-7,12H,3-4,8-9H2,1-2H3,(H,13,15). The van der Waals surface area contributed by atoms with Gasteiger partial charge in [-0.1, -0.05) is 13.8 Å². The molecule has 0 fully saturated rings. The first kappa shape index (κ1) is 11.8. The molecule has 0 aliphatic rings. The molecule has 2 N–H and O–H groups in total. The Kier molecular flexibility index (Phi) is 4.90. The molecule has 1 amide bonds. The smallest absolute Gasteiger partial charge is 0.267 e. The predicted molar refractivity (Wildman–Crippen MR) is 60.9 cm³/mol. The monoisotopic (exact) mass is 209 g/mol. The summed E-state index contributed by atoms with van der Waals surface area (Å²) in [5.41, 5.74) is 0.620. The fraction of sp³-hybridized carbons (Fsp3) is 0.545. The molecule has 0 atom stereocenters. The maximum atomic E-state index is 11.5. The van der Waals surface area contributed by atoms with Crippen molar-refractivity contribution >= 4 is 5.91 Å². The molecule has 1 heterocycles. The Labute approximate surface area is 90.7 Å². The molecule has 0 saturated carbocycles. The van der Waals surface area contributed by atoms with Crippen LogP contribution >= 0.6 is 0 Å². The van der Waals surface area contributed by atoms with Crippen LogP contribution in [0, 0.1) is 0 Å². The van der Waals surface area contributed by atoms with Gasteiger partial charge in [-0.15, -0.1) is 0 Å². The summed E-state index contributed by atoms with van der Waals surface area (Å²) >= 11 is 0. The quantitative estimate of drug-likeness (QED) is 0.736. The second kappa shape index (κ2) is 6.24. The van der Waals surface area contributed by atoms with Gasteiger partial charge in [0.1, 0.15) is 5.69 Å². The van der Waals surface area contributed by atoms with Gasteiger partial charge >= 0.3 is 0 Å². The van der Waals surface area contributed by atoms with Crippen molar-refractivity contribution in [1.82, 2.24) is 15.2 Å². The van der Waals surface area contributed by atoms with Crippen molar-refractivity contribution in [1.29, 1.82) is 0 Å². The van der Waals surface area contributed by atoms with E-state index in [0.717, 1.165) is 19.6 Å². The minimum absolute atomic E-state index is 0.0350. The molecule has 4 heteroatoms. The number of H-pyrrole nitrogens is 1. The molecule has 0 aliphatic carbocycles. The lowest BCUT2D eigenvalue weighted by Crippen LogP contribution is -2.34. The summed E-state index contributed by atoms with van der Waals surface area (Å²) in [6.07, 6.45) is 1.75. The SMILES string of the molecule is CCN(CC)CCNC(=O)c1ccc[nH]1. The Morgan fingerprint density at radius 2 is 2.20 bits per heavy atom. The summed E-state index contributed by atoms with van der Waals surface area (Å²) in [6.45, 7) is 7.88. The first-order valence-electron chi connectivity index (χ1n) is 5.41. The molecule has 0 radical (unpaired) electrons. The van der Waals surface area contributed by atoms with E-state index in [0.29, 0.717) is 12.2 Å². The summed E-state index contributed by atoms with van der Waals surface area (Å²) in [7, 11) is 0. The zero-order chi connectivity index (χ0) is 11.1. The molecule has 0 aliphatic heterocycles. The van der Waals surface area contributed by atoms with E-state index < -0.39 is 0 Å². The largest absolute Gasteiger partial charge is 0.357 e. The maximum absolute atomic E-state index is 11.5. The van der Waals surface area contributed by atoms with Gasteiger partial charge in [0.25, 0.3) is 5.91 Å². The van der Waals surface area contributed by atoms with Gasteiger partial charge in [0, 0.05) is 19.3 Å². The molecular formula is C11H19N3O. The third kappa shape index (κ3) is 3.75. The van der Waals surface area contributed by atoms with E-state index in [1.165, 1.54) is 0 Å². The van der Waals surface area contributed by atoms with Crippen LogP contribution in [0.15, 0.2) is 18.3 Å². The molecule has 0 spiro atoms. The van der Waals surface area contributed by atoms with Gasteiger partial charge in [0.05, 0.1) is 0 Å². The molecule has 4 nitrogen and oxygen atoms in total. The second-order valence-electron chi connectivity index (χ2n) is 3.37. The van der Waals surface area contributed by atoms with Gasteiger partial charge in [0.2, 0.25) is 0 Å². The molecule has 0 bridgehead atoms. The van der Waals surface area contributed by atoms with Crippen LogP contribution < -0.4 is 5.32 Å².